The van der Waals surface area contributed by atoms with Crippen LogP contribution in [0.5, 0.6) is 5.88 Å². The molecule has 0 aliphatic heterocycles. The number of ether oxygens (including phenoxy) is 1. The van der Waals surface area contributed by atoms with E-state index in [0.29, 0.717) is 22.5 Å². The summed E-state index contributed by atoms with van der Waals surface area (Å²) >= 11 is 0. The van der Waals surface area contributed by atoms with E-state index in [0.717, 1.165) is 0 Å². The van der Waals surface area contributed by atoms with Crippen molar-refractivity contribution in [1.82, 2.24) is 19.2 Å². The van der Waals surface area contributed by atoms with Gasteiger partial charge in [-0.15, -0.1) is 0 Å². The van der Waals surface area contributed by atoms with Crippen LogP contribution < -0.4 is 14.2 Å². The predicted molar refractivity (Wildman–Crippen MR) is 161 cm³/mol. The molecule has 0 saturated carbocycles. The van der Waals surface area contributed by atoms with Crippen molar-refractivity contribution in [3.05, 3.63) is 67.0 Å². The molecule has 4 aromatic rings. The first kappa shape index (κ1) is 28.2. The highest BCUT2D eigenvalue weighted by Crippen LogP contribution is 2.32. The van der Waals surface area contributed by atoms with Crippen molar-refractivity contribution in [2.45, 2.75) is 53.1 Å². The van der Waals surface area contributed by atoms with E-state index in [1.165, 1.54) is 4.90 Å². The van der Waals surface area contributed by atoms with Gasteiger partial charge in [-0.1, -0.05) is 89.5 Å². The number of carbonyl (C=O) groups is 2. The van der Waals surface area contributed by atoms with E-state index in [9.17, 15) is 9.59 Å². The van der Waals surface area contributed by atoms with Crippen molar-refractivity contribution in [3.8, 4) is 5.88 Å². The van der Waals surface area contributed by atoms with Crippen LogP contribution in [0.1, 0.15) is 13.8 Å². The molecule has 2 aromatic carbocycles. The first-order valence-electron chi connectivity index (χ1n) is 13.0. The van der Waals surface area contributed by atoms with Crippen LogP contribution >= 0.6 is 0 Å². The molecule has 11 heteroatoms. The van der Waals surface area contributed by atoms with Crippen molar-refractivity contribution >= 4 is 57.0 Å². The second-order valence-electron chi connectivity index (χ2n) is 11.7. The van der Waals surface area contributed by atoms with Gasteiger partial charge in [0, 0.05) is 5.92 Å². The Labute approximate surface area is 231 Å². The third-order valence-corrected chi connectivity index (χ3v) is 9.59. The molecule has 0 radical (unpaired) electrons. The molecule has 9 nitrogen and oxygen atoms in total. The number of para-hydroxylation sites is 2. The molecule has 2 heterocycles. The molecule has 0 atom stereocenters. The minimum atomic E-state index is -2.28. The van der Waals surface area contributed by atoms with E-state index in [1.54, 1.807) is 10.9 Å². The van der Waals surface area contributed by atoms with Crippen LogP contribution in [0, 0.1) is 5.92 Å². The predicted octanol–water partition coefficient (Wildman–Crippen LogP) is 6.67. The molecule has 0 aliphatic rings. The number of aromatic nitrogens is 4. The van der Waals surface area contributed by atoms with Gasteiger partial charge in [-0.25, -0.2) is 14.7 Å². The molecule has 0 bridgehead atoms. The number of amides is 2. The summed E-state index contributed by atoms with van der Waals surface area (Å²) in [6.45, 7) is 16.4. The number of anilines is 3. The quantitative estimate of drug-likeness (QED) is 0.234. The first-order chi connectivity index (χ1) is 18.3. The van der Waals surface area contributed by atoms with Gasteiger partial charge in [0.1, 0.15) is 0 Å². The average molecular weight is 561 g/mol. The number of rotatable bonds is 7. The van der Waals surface area contributed by atoms with Crippen LogP contribution in [-0.2, 0) is 4.79 Å². The Hall–Kier alpha value is -3.84. The smallest absolute Gasteiger partial charge is 0.388 e. The molecule has 0 saturated heterocycles. The number of hydrogen-bond donors (Lipinski definition) is 0. The zero-order chi connectivity index (χ0) is 28.5. The summed E-state index contributed by atoms with van der Waals surface area (Å²) in [5.41, 5.74) is 2.21. The summed E-state index contributed by atoms with van der Waals surface area (Å²) in [5.74, 6) is -0.0709. The maximum absolute atomic E-state index is 13.8. The van der Waals surface area contributed by atoms with Gasteiger partial charge in [0.2, 0.25) is 11.9 Å². The molecule has 0 unspecified atom stereocenters. The molecule has 0 fully saturated rings. The molecule has 4 rings (SSSR count). The number of carbonyl (C=O) groups excluding carboxylic acids is 2. The molecule has 204 valence electrons. The molecule has 0 aliphatic carbocycles. The van der Waals surface area contributed by atoms with E-state index in [-0.39, 0.29) is 23.7 Å². The lowest BCUT2D eigenvalue weighted by atomic mass is 10.2. The number of hydrogen-bond acceptors (Lipinski definition) is 6. The van der Waals surface area contributed by atoms with Crippen LogP contribution in [0.25, 0.3) is 11.2 Å². The molecule has 2 aromatic heterocycles. The summed E-state index contributed by atoms with van der Waals surface area (Å²) in [4.78, 5) is 42.8. The highest BCUT2D eigenvalue weighted by atomic mass is 28.3. The van der Waals surface area contributed by atoms with Gasteiger partial charge in [0.05, 0.1) is 17.7 Å². The number of imidazole rings is 1. The second kappa shape index (κ2) is 10.7. The summed E-state index contributed by atoms with van der Waals surface area (Å²) in [5, 5.41) is 0. The van der Waals surface area contributed by atoms with Gasteiger partial charge in [-0.2, -0.15) is 9.97 Å². The Balaban J connectivity index is 1.90. The highest BCUT2D eigenvalue weighted by molar-refractivity contribution is 6.83. The summed E-state index contributed by atoms with van der Waals surface area (Å²) in [7, 11) is -4.25. The van der Waals surface area contributed by atoms with E-state index in [1.807, 2.05) is 78.7 Å². The SMILES string of the molecule is CC(C)C(=O)N(c1nc(OC(=O)N(c2ccccc2)c2ccccc2)c2ncn([Si](C)(C)C)c2n1)[Si](C)(C)C. The number of fused-ring (bicyclic) bond motifs is 1. The zero-order valence-electron chi connectivity index (χ0n) is 23.8. The lowest BCUT2D eigenvalue weighted by Gasteiger charge is -2.34. The lowest BCUT2D eigenvalue weighted by molar-refractivity contribution is -0.120. The van der Waals surface area contributed by atoms with Gasteiger partial charge in [-0.05, 0) is 24.3 Å². The molecular weight excluding hydrogens is 525 g/mol. The van der Waals surface area contributed by atoms with E-state index in [2.05, 4.69) is 49.3 Å². The Bertz CT molecular complexity index is 1440. The molecular formula is C28H36N6O3Si2. The number of nitrogens with zero attached hydrogens (tertiary/aromatic N) is 6. The molecule has 0 spiro atoms. The second-order valence-corrected chi connectivity index (χ2v) is 21.3. The Morgan fingerprint density at radius 1 is 0.846 bits per heavy atom. The average Bonchev–Trinajstić information content (AvgIpc) is 3.30. The minimum absolute atomic E-state index is 0.0219. The summed E-state index contributed by atoms with van der Waals surface area (Å²) in [6.07, 6.45) is 1.08. The zero-order valence-corrected chi connectivity index (χ0v) is 25.8. The lowest BCUT2D eigenvalue weighted by Crippen LogP contribution is -2.52. The van der Waals surface area contributed by atoms with Crippen LogP contribution in [0.3, 0.4) is 0 Å². The minimum Gasteiger partial charge on any atom is -0.388 e. The summed E-state index contributed by atoms with van der Waals surface area (Å²) < 4.78 is 9.77. The fourth-order valence-electron chi connectivity index (χ4n) is 4.15. The third kappa shape index (κ3) is 5.94. The van der Waals surface area contributed by atoms with Crippen molar-refractivity contribution in [3.63, 3.8) is 0 Å². The Kier molecular flexibility index (Phi) is 7.76. The molecule has 2 amide bonds. The van der Waals surface area contributed by atoms with E-state index < -0.39 is 22.6 Å². The Morgan fingerprint density at radius 2 is 1.38 bits per heavy atom. The standard InChI is InChI=1S/C28H36N6O3Si2/c1-20(2)26(35)34(39(6,7)8)27-30-24-23(29-19-32(24)38(3,4)5)25(31-27)37-28(36)33(21-15-11-9-12-16-21)22-17-13-10-14-18-22/h9-20H,1-8H3. The van der Waals surface area contributed by atoms with Crippen molar-refractivity contribution in [2.24, 2.45) is 5.92 Å². The largest absolute Gasteiger partial charge is 0.425 e. The van der Waals surface area contributed by atoms with Crippen LogP contribution in [0.4, 0.5) is 22.1 Å². The van der Waals surface area contributed by atoms with Gasteiger partial charge in [0.15, 0.2) is 27.6 Å². The normalized spacial score (nSPS) is 12.0. The summed E-state index contributed by atoms with van der Waals surface area (Å²) in [6, 6.07) is 18.6. The van der Waals surface area contributed by atoms with Crippen molar-refractivity contribution < 1.29 is 14.3 Å². The first-order valence-corrected chi connectivity index (χ1v) is 19.9. The van der Waals surface area contributed by atoms with Crippen molar-refractivity contribution in [1.29, 1.82) is 0 Å². The topological polar surface area (TPSA) is 93.5 Å². The fourth-order valence-corrected chi connectivity index (χ4v) is 6.97. The van der Waals surface area contributed by atoms with Gasteiger partial charge < -0.3 is 13.5 Å². The Morgan fingerprint density at radius 3 is 1.85 bits per heavy atom. The monoisotopic (exact) mass is 560 g/mol. The third-order valence-electron chi connectivity index (χ3n) is 6.06. The molecule has 39 heavy (non-hydrogen) atoms. The maximum atomic E-state index is 13.8. The fraction of sp³-hybridized carbons (Fsp3) is 0.321. The highest BCUT2D eigenvalue weighted by Gasteiger charge is 2.36. The van der Waals surface area contributed by atoms with E-state index >= 15 is 0 Å². The molecule has 0 N–H and O–H groups in total. The van der Waals surface area contributed by atoms with Crippen molar-refractivity contribution in [2.75, 3.05) is 9.47 Å². The van der Waals surface area contributed by atoms with Crippen LogP contribution in [-0.4, -0.2) is 47.7 Å². The van der Waals surface area contributed by atoms with Gasteiger partial charge in [0.25, 0.3) is 5.88 Å². The van der Waals surface area contributed by atoms with Gasteiger partial charge in [-0.3, -0.25) is 4.79 Å². The van der Waals surface area contributed by atoms with Gasteiger partial charge >= 0.3 is 6.09 Å². The van der Waals surface area contributed by atoms with E-state index in [4.69, 9.17) is 9.72 Å². The maximum Gasteiger partial charge on any atom is 0.425 e. The van der Waals surface area contributed by atoms with Crippen LogP contribution in [0.2, 0.25) is 39.3 Å². The number of benzene rings is 2. The van der Waals surface area contributed by atoms with Crippen LogP contribution in [0.15, 0.2) is 67.0 Å².